The number of carbonyl (C=O) groups is 1. The number of hydrogen-bond donors (Lipinski definition) is 0. The number of ketones is 1. The van der Waals surface area contributed by atoms with Crippen molar-refractivity contribution in [3.05, 3.63) is 29.8 Å². The van der Waals surface area contributed by atoms with Crippen LogP contribution in [0.15, 0.2) is 24.3 Å². The molecule has 0 aliphatic rings. The Balaban J connectivity index is 2.68. The highest BCUT2D eigenvalue weighted by Crippen LogP contribution is 2.23. The summed E-state index contributed by atoms with van der Waals surface area (Å²) in [5, 5.41) is 0. The number of sulfone groups is 1. The maximum atomic E-state index is 11.9. The number of halogens is 3. The van der Waals surface area contributed by atoms with Gasteiger partial charge in [-0.2, -0.15) is 0 Å². The van der Waals surface area contributed by atoms with E-state index in [0.717, 1.165) is 30.5 Å². The van der Waals surface area contributed by atoms with Crippen molar-refractivity contribution in [2.45, 2.75) is 12.8 Å². The zero-order valence-electron chi connectivity index (χ0n) is 9.90. The van der Waals surface area contributed by atoms with E-state index in [1.165, 1.54) is 0 Å². The van der Waals surface area contributed by atoms with Gasteiger partial charge in [0.1, 0.15) is 15.6 Å². The largest absolute Gasteiger partial charge is 0.573 e. The Morgan fingerprint density at radius 1 is 1.21 bits per heavy atom. The molecule has 1 aromatic carbocycles. The fourth-order valence-electron chi connectivity index (χ4n) is 1.26. The molecule has 0 amide bonds. The van der Waals surface area contributed by atoms with Crippen LogP contribution in [-0.4, -0.2) is 32.6 Å². The molecular weight excluding hydrogens is 285 g/mol. The lowest BCUT2D eigenvalue weighted by atomic mass is 10.1. The van der Waals surface area contributed by atoms with Crippen LogP contribution in [0.5, 0.6) is 5.75 Å². The average Bonchev–Trinajstić information content (AvgIpc) is 2.23. The minimum atomic E-state index is -4.79. The van der Waals surface area contributed by atoms with Crippen LogP contribution in [0.1, 0.15) is 16.8 Å². The van der Waals surface area contributed by atoms with Gasteiger partial charge < -0.3 is 4.74 Å². The molecule has 1 aromatic rings. The Hall–Kier alpha value is -1.57. The summed E-state index contributed by atoms with van der Waals surface area (Å²) >= 11 is 0. The Bertz CT molecular complexity index is 546. The summed E-state index contributed by atoms with van der Waals surface area (Å²) in [4.78, 5) is 11.6. The van der Waals surface area contributed by atoms with E-state index in [4.69, 9.17) is 0 Å². The van der Waals surface area contributed by atoms with Crippen molar-refractivity contribution >= 4 is 15.6 Å². The standard InChI is InChI=1S/C11H11F3O4S/c1-19(16,17)7-6-10(15)8-2-4-9(5-3-8)18-11(12,13)14/h2-5H,6-7H2,1H3. The number of alkyl halides is 3. The lowest BCUT2D eigenvalue weighted by molar-refractivity contribution is -0.274. The van der Waals surface area contributed by atoms with E-state index in [1.807, 2.05) is 0 Å². The molecule has 8 heteroatoms. The third kappa shape index (κ3) is 6.23. The van der Waals surface area contributed by atoms with E-state index in [2.05, 4.69) is 4.74 Å². The molecular formula is C11H11F3O4S. The smallest absolute Gasteiger partial charge is 0.406 e. The molecule has 0 atom stereocenters. The summed E-state index contributed by atoms with van der Waals surface area (Å²) in [6, 6.07) is 4.32. The van der Waals surface area contributed by atoms with E-state index in [1.54, 1.807) is 0 Å². The fraction of sp³-hybridized carbons (Fsp3) is 0.364. The molecule has 0 aliphatic heterocycles. The first-order valence-corrected chi connectivity index (χ1v) is 7.20. The van der Waals surface area contributed by atoms with E-state index in [0.29, 0.717) is 0 Å². The second-order valence-corrected chi connectivity index (χ2v) is 6.13. The number of hydrogen-bond acceptors (Lipinski definition) is 4. The molecule has 4 nitrogen and oxygen atoms in total. The van der Waals surface area contributed by atoms with Crippen molar-refractivity contribution in [2.24, 2.45) is 0 Å². The van der Waals surface area contributed by atoms with E-state index < -0.39 is 27.7 Å². The van der Waals surface area contributed by atoms with Gasteiger partial charge in [0.25, 0.3) is 0 Å². The number of ether oxygens (including phenoxy) is 1. The SMILES string of the molecule is CS(=O)(=O)CCC(=O)c1ccc(OC(F)(F)F)cc1. The van der Waals surface area contributed by atoms with Gasteiger partial charge in [-0.05, 0) is 24.3 Å². The van der Waals surface area contributed by atoms with Crippen LogP contribution in [0.3, 0.4) is 0 Å². The highest BCUT2D eigenvalue weighted by molar-refractivity contribution is 7.90. The molecule has 0 aliphatic carbocycles. The molecule has 19 heavy (non-hydrogen) atoms. The Labute approximate surface area is 108 Å². The molecule has 0 N–H and O–H groups in total. The summed E-state index contributed by atoms with van der Waals surface area (Å²) < 4.78 is 61.1. The van der Waals surface area contributed by atoms with Crippen molar-refractivity contribution in [1.82, 2.24) is 0 Å². The minimum Gasteiger partial charge on any atom is -0.406 e. The average molecular weight is 296 g/mol. The summed E-state index contributed by atoms with van der Waals surface area (Å²) in [5.41, 5.74) is 0.137. The van der Waals surface area contributed by atoms with Crippen LogP contribution in [0, 0.1) is 0 Å². The highest BCUT2D eigenvalue weighted by Gasteiger charge is 2.31. The van der Waals surface area contributed by atoms with Gasteiger partial charge in [0.2, 0.25) is 0 Å². The topological polar surface area (TPSA) is 60.4 Å². The molecule has 0 unspecified atom stereocenters. The molecule has 0 radical (unpaired) electrons. The van der Waals surface area contributed by atoms with Crippen LogP contribution in [0.25, 0.3) is 0 Å². The normalized spacial score (nSPS) is 12.2. The Morgan fingerprint density at radius 3 is 2.16 bits per heavy atom. The van der Waals surface area contributed by atoms with Crippen molar-refractivity contribution in [3.63, 3.8) is 0 Å². The summed E-state index contributed by atoms with van der Waals surface area (Å²) in [6.07, 6.45) is -4.00. The van der Waals surface area contributed by atoms with Gasteiger partial charge in [-0.15, -0.1) is 13.2 Å². The molecule has 0 saturated carbocycles. The van der Waals surface area contributed by atoms with Gasteiger partial charge >= 0.3 is 6.36 Å². The van der Waals surface area contributed by atoms with Crippen molar-refractivity contribution in [3.8, 4) is 5.75 Å². The monoisotopic (exact) mass is 296 g/mol. The molecule has 0 heterocycles. The molecule has 0 bridgehead atoms. The number of carbonyl (C=O) groups excluding carboxylic acids is 1. The molecule has 0 spiro atoms. The maximum absolute atomic E-state index is 11.9. The zero-order valence-corrected chi connectivity index (χ0v) is 10.7. The molecule has 106 valence electrons. The van der Waals surface area contributed by atoms with E-state index in [-0.39, 0.29) is 17.7 Å². The number of benzene rings is 1. The van der Waals surface area contributed by atoms with Gasteiger partial charge in [0.15, 0.2) is 5.78 Å². The van der Waals surface area contributed by atoms with Crippen molar-refractivity contribution < 1.29 is 31.1 Å². The van der Waals surface area contributed by atoms with Crippen LogP contribution in [-0.2, 0) is 9.84 Å². The van der Waals surface area contributed by atoms with Gasteiger partial charge in [-0.1, -0.05) is 0 Å². The minimum absolute atomic E-state index is 0.137. The lowest BCUT2D eigenvalue weighted by Crippen LogP contribution is -2.17. The number of rotatable bonds is 5. The van der Waals surface area contributed by atoms with Crippen LogP contribution < -0.4 is 4.74 Å². The van der Waals surface area contributed by atoms with Crippen LogP contribution in [0.2, 0.25) is 0 Å². The maximum Gasteiger partial charge on any atom is 0.573 e. The predicted molar refractivity (Wildman–Crippen MR) is 61.8 cm³/mol. The summed E-state index contributed by atoms with van der Waals surface area (Å²) in [5.74, 6) is -1.19. The Kier molecular flexibility index (Phi) is 4.56. The predicted octanol–water partition coefficient (Wildman–Crippen LogP) is 2.20. The second-order valence-electron chi connectivity index (χ2n) is 3.88. The van der Waals surface area contributed by atoms with Gasteiger partial charge in [0.05, 0.1) is 5.75 Å². The van der Waals surface area contributed by atoms with E-state index >= 15 is 0 Å². The third-order valence-electron chi connectivity index (χ3n) is 2.11. The fourth-order valence-corrected chi connectivity index (χ4v) is 1.82. The first-order chi connectivity index (χ1) is 8.57. The second kappa shape index (κ2) is 5.60. The Morgan fingerprint density at radius 2 is 1.74 bits per heavy atom. The van der Waals surface area contributed by atoms with Gasteiger partial charge in [-0.3, -0.25) is 4.79 Å². The number of Topliss-reactive ketones (excluding diaryl/α,β-unsaturated/α-hetero) is 1. The highest BCUT2D eigenvalue weighted by atomic mass is 32.2. The quantitative estimate of drug-likeness (QED) is 0.782. The van der Waals surface area contributed by atoms with Gasteiger partial charge in [-0.25, -0.2) is 8.42 Å². The summed E-state index contributed by atoms with van der Waals surface area (Å²) in [7, 11) is -3.25. The van der Waals surface area contributed by atoms with E-state index in [9.17, 15) is 26.4 Å². The molecule has 1 rings (SSSR count). The van der Waals surface area contributed by atoms with Crippen molar-refractivity contribution in [1.29, 1.82) is 0 Å². The lowest BCUT2D eigenvalue weighted by Gasteiger charge is -2.08. The van der Waals surface area contributed by atoms with Crippen LogP contribution in [0.4, 0.5) is 13.2 Å². The van der Waals surface area contributed by atoms with Gasteiger partial charge in [0, 0.05) is 18.2 Å². The van der Waals surface area contributed by atoms with Crippen molar-refractivity contribution in [2.75, 3.05) is 12.0 Å². The molecule has 0 saturated heterocycles. The first kappa shape index (κ1) is 15.5. The third-order valence-corrected chi connectivity index (χ3v) is 3.06. The molecule has 0 fully saturated rings. The summed E-state index contributed by atoms with van der Waals surface area (Å²) in [6.45, 7) is 0. The zero-order chi connectivity index (χ0) is 14.7. The molecule has 0 aromatic heterocycles. The van der Waals surface area contributed by atoms with Crippen LogP contribution >= 0.6 is 0 Å². The first-order valence-electron chi connectivity index (χ1n) is 5.13.